The Bertz CT molecular complexity index is 492. The van der Waals surface area contributed by atoms with Gasteiger partial charge in [0.05, 0.1) is 0 Å². The smallest absolute Gasteiger partial charge is 0.191 e. The number of aromatic nitrogens is 3. The monoisotopic (exact) mass is 306 g/mol. The highest BCUT2D eigenvalue weighted by atomic mass is 32.2. The van der Waals surface area contributed by atoms with Crippen molar-refractivity contribution in [3.8, 4) is 0 Å². The first-order chi connectivity index (χ1) is 10.4. The van der Waals surface area contributed by atoms with Gasteiger partial charge in [-0.15, -0.1) is 10.2 Å². The van der Waals surface area contributed by atoms with E-state index in [9.17, 15) is 0 Å². The zero-order valence-corrected chi connectivity index (χ0v) is 13.7. The Kier molecular flexibility index (Phi) is 3.96. The Morgan fingerprint density at radius 1 is 1.14 bits per heavy atom. The largest absolute Gasteiger partial charge is 0.313 e. The number of hydrogen-bond acceptors (Lipinski definition) is 4. The minimum Gasteiger partial charge on any atom is -0.313 e. The maximum atomic E-state index is 4.57. The van der Waals surface area contributed by atoms with Gasteiger partial charge in [0.25, 0.3) is 0 Å². The Balaban J connectivity index is 1.48. The molecule has 1 aromatic rings. The average molecular weight is 306 g/mol. The van der Waals surface area contributed by atoms with Gasteiger partial charge < -0.3 is 9.88 Å². The second kappa shape index (κ2) is 5.92. The molecule has 1 aromatic heterocycles. The number of nitrogens with one attached hydrogen (secondary N) is 1. The topological polar surface area (TPSA) is 42.7 Å². The lowest BCUT2D eigenvalue weighted by Crippen LogP contribution is -2.34. The van der Waals surface area contributed by atoms with Gasteiger partial charge in [-0.2, -0.15) is 0 Å². The van der Waals surface area contributed by atoms with Crippen LogP contribution in [0.1, 0.15) is 76.1 Å². The molecule has 116 valence electrons. The van der Waals surface area contributed by atoms with E-state index in [1.807, 2.05) is 11.8 Å². The molecule has 0 spiro atoms. The zero-order valence-electron chi connectivity index (χ0n) is 12.9. The summed E-state index contributed by atoms with van der Waals surface area (Å²) in [5.74, 6) is 2.00. The molecule has 0 saturated heterocycles. The molecule has 5 heteroatoms. The van der Waals surface area contributed by atoms with E-state index in [0.29, 0.717) is 23.3 Å². The van der Waals surface area contributed by atoms with Crippen molar-refractivity contribution < 1.29 is 0 Å². The fraction of sp³-hybridized carbons (Fsp3) is 0.875. The Hall–Kier alpha value is -0.550. The predicted octanol–water partition coefficient (Wildman–Crippen LogP) is 3.50. The molecule has 3 fully saturated rings. The fourth-order valence-electron chi connectivity index (χ4n) is 3.43. The summed E-state index contributed by atoms with van der Waals surface area (Å²) in [5.41, 5.74) is 0. The van der Waals surface area contributed by atoms with Crippen molar-refractivity contribution in [1.29, 1.82) is 0 Å². The molecule has 1 heterocycles. The van der Waals surface area contributed by atoms with Crippen LogP contribution in [-0.2, 0) is 0 Å². The standard InChI is InChI=1S/C16H26N4S/c1-2-10-17-13-4-3-5-14(13)21-16-19-18-15(11-6-7-11)20(16)12-8-9-12/h11-14,17H,2-10H2,1H3. The minimum atomic E-state index is 0.670. The van der Waals surface area contributed by atoms with Gasteiger partial charge in [0.2, 0.25) is 0 Å². The molecule has 4 nitrogen and oxygen atoms in total. The Labute approximate surface area is 131 Å². The highest BCUT2D eigenvalue weighted by Crippen LogP contribution is 2.47. The van der Waals surface area contributed by atoms with Crippen LogP contribution in [-0.4, -0.2) is 32.6 Å². The Morgan fingerprint density at radius 3 is 2.71 bits per heavy atom. The van der Waals surface area contributed by atoms with Crippen molar-refractivity contribution >= 4 is 11.8 Å². The maximum absolute atomic E-state index is 4.57. The summed E-state index contributed by atoms with van der Waals surface area (Å²) in [6.07, 6.45) is 10.5. The molecule has 2 unspecified atom stereocenters. The predicted molar refractivity (Wildman–Crippen MR) is 85.8 cm³/mol. The van der Waals surface area contributed by atoms with Crippen molar-refractivity contribution in [3.05, 3.63) is 5.82 Å². The van der Waals surface area contributed by atoms with Crippen LogP contribution in [0.15, 0.2) is 5.16 Å². The van der Waals surface area contributed by atoms with Crippen LogP contribution in [0.4, 0.5) is 0 Å². The summed E-state index contributed by atoms with van der Waals surface area (Å²) in [6, 6.07) is 1.38. The first-order valence-electron chi connectivity index (χ1n) is 8.71. The number of hydrogen-bond donors (Lipinski definition) is 1. The van der Waals surface area contributed by atoms with Gasteiger partial charge in [-0.25, -0.2) is 0 Å². The molecular weight excluding hydrogens is 280 g/mol. The van der Waals surface area contributed by atoms with Gasteiger partial charge >= 0.3 is 0 Å². The molecule has 3 saturated carbocycles. The zero-order chi connectivity index (χ0) is 14.2. The molecule has 0 aromatic carbocycles. The van der Waals surface area contributed by atoms with E-state index in [1.165, 1.54) is 62.3 Å². The van der Waals surface area contributed by atoms with Crippen molar-refractivity contribution in [3.63, 3.8) is 0 Å². The molecule has 3 aliphatic rings. The van der Waals surface area contributed by atoms with Crippen LogP contribution >= 0.6 is 11.8 Å². The Morgan fingerprint density at radius 2 is 2.00 bits per heavy atom. The second-order valence-corrected chi connectivity index (χ2v) is 8.07. The van der Waals surface area contributed by atoms with Gasteiger partial charge in [0.15, 0.2) is 5.16 Å². The highest BCUT2D eigenvalue weighted by molar-refractivity contribution is 7.99. The lowest BCUT2D eigenvalue weighted by Gasteiger charge is -2.20. The molecule has 3 aliphatic carbocycles. The van der Waals surface area contributed by atoms with Crippen LogP contribution in [0.2, 0.25) is 0 Å². The molecule has 0 radical (unpaired) electrons. The van der Waals surface area contributed by atoms with Gasteiger partial charge in [-0.1, -0.05) is 25.1 Å². The van der Waals surface area contributed by atoms with E-state index in [2.05, 4.69) is 27.0 Å². The molecule has 1 N–H and O–H groups in total. The van der Waals surface area contributed by atoms with E-state index >= 15 is 0 Å². The first kappa shape index (κ1) is 14.1. The normalized spacial score (nSPS) is 29.2. The molecule has 21 heavy (non-hydrogen) atoms. The molecule has 0 amide bonds. The van der Waals surface area contributed by atoms with Gasteiger partial charge in [-0.3, -0.25) is 0 Å². The van der Waals surface area contributed by atoms with Crippen LogP contribution in [0.3, 0.4) is 0 Å². The van der Waals surface area contributed by atoms with Gasteiger partial charge in [0, 0.05) is 23.3 Å². The average Bonchev–Trinajstić information content (AvgIpc) is 3.42. The third kappa shape index (κ3) is 3.00. The molecule has 0 bridgehead atoms. The summed E-state index contributed by atoms with van der Waals surface area (Å²) in [4.78, 5) is 0. The van der Waals surface area contributed by atoms with E-state index in [0.717, 1.165) is 6.54 Å². The molecule has 0 aliphatic heterocycles. The quantitative estimate of drug-likeness (QED) is 0.837. The minimum absolute atomic E-state index is 0.670. The number of thioether (sulfide) groups is 1. The lowest BCUT2D eigenvalue weighted by atomic mass is 10.2. The fourth-order valence-corrected chi connectivity index (χ4v) is 4.83. The van der Waals surface area contributed by atoms with Crippen LogP contribution in [0.25, 0.3) is 0 Å². The van der Waals surface area contributed by atoms with Crippen LogP contribution < -0.4 is 5.32 Å². The summed E-state index contributed by atoms with van der Waals surface area (Å²) < 4.78 is 2.50. The lowest BCUT2D eigenvalue weighted by molar-refractivity contribution is 0.529. The molecular formula is C16H26N4S. The third-order valence-electron chi connectivity index (χ3n) is 4.91. The van der Waals surface area contributed by atoms with Gasteiger partial charge in [-0.05, 0) is 51.5 Å². The van der Waals surface area contributed by atoms with Gasteiger partial charge in [0.1, 0.15) is 5.82 Å². The van der Waals surface area contributed by atoms with Crippen molar-refractivity contribution in [1.82, 2.24) is 20.1 Å². The highest BCUT2D eigenvalue weighted by Gasteiger charge is 2.38. The third-order valence-corrected chi connectivity index (χ3v) is 6.27. The number of nitrogens with zero attached hydrogens (tertiary/aromatic N) is 3. The van der Waals surface area contributed by atoms with E-state index in [4.69, 9.17) is 0 Å². The van der Waals surface area contributed by atoms with Crippen LogP contribution in [0.5, 0.6) is 0 Å². The summed E-state index contributed by atoms with van der Waals surface area (Å²) in [5, 5.41) is 14.7. The van der Waals surface area contributed by atoms with Crippen molar-refractivity contribution in [2.45, 2.75) is 86.7 Å². The summed E-state index contributed by atoms with van der Waals surface area (Å²) in [6.45, 7) is 3.39. The van der Waals surface area contributed by atoms with E-state index in [1.54, 1.807) is 0 Å². The van der Waals surface area contributed by atoms with E-state index < -0.39 is 0 Å². The summed E-state index contributed by atoms with van der Waals surface area (Å²) >= 11 is 2.00. The maximum Gasteiger partial charge on any atom is 0.191 e. The SMILES string of the molecule is CCCNC1CCCC1Sc1nnc(C2CC2)n1C1CC1. The first-order valence-corrected chi connectivity index (χ1v) is 9.59. The molecule has 4 rings (SSSR count). The molecule has 2 atom stereocenters. The van der Waals surface area contributed by atoms with Crippen molar-refractivity contribution in [2.24, 2.45) is 0 Å². The van der Waals surface area contributed by atoms with Crippen LogP contribution in [0, 0.1) is 0 Å². The second-order valence-electron chi connectivity index (χ2n) is 6.86. The van der Waals surface area contributed by atoms with E-state index in [-0.39, 0.29) is 0 Å². The van der Waals surface area contributed by atoms with Crippen molar-refractivity contribution in [2.75, 3.05) is 6.54 Å². The number of rotatable bonds is 7. The summed E-state index contributed by atoms with van der Waals surface area (Å²) in [7, 11) is 0.